The Hall–Kier alpha value is -2.52. The number of amides is 1. The fourth-order valence-electron chi connectivity index (χ4n) is 3.31. The molecule has 0 radical (unpaired) electrons. The van der Waals surface area contributed by atoms with E-state index in [2.05, 4.69) is 0 Å². The minimum atomic E-state index is -4.09. The van der Waals surface area contributed by atoms with Crippen molar-refractivity contribution < 1.29 is 26.7 Å². The Labute approximate surface area is 168 Å². The van der Waals surface area contributed by atoms with Gasteiger partial charge in [0.15, 0.2) is 0 Å². The molecule has 1 aliphatic rings. The van der Waals surface area contributed by atoms with Gasteiger partial charge in [0.2, 0.25) is 15.9 Å². The summed E-state index contributed by atoms with van der Waals surface area (Å²) in [5.74, 6) is -1.33. The topological polar surface area (TPSA) is 66.9 Å². The van der Waals surface area contributed by atoms with Crippen LogP contribution in [0, 0.1) is 11.6 Å². The van der Waals surface area contributed by atoms with Gasteiger partial charge in [-0.15, -0.1) is 0 Å². The highest BCUT2D eigenvalue weighted by molar-refractivity contribution is 7.89. The Bertz CT molecular complexity index is 990. The summed E-state index contributed by atoms with van der Waals surface area (Å²) in [6.07, 6.45) is 0.794. The second kappa shape index (κ2) is 8.87. The van der Waals surface area contributed by atoms with Crippen molar-refractivity contribution in [2.24, 2.45) is 0 Å². The smallest absolute Gasteiger partial charge is 0.246 e. The number of carbonyl (C=O) groups is 1. The molecular weight excluding hydrogens is 402 g/mol. The fraction of sp³-hybridized carbons (Fsp3) is 0.350. The van der Waals surface area contributed by atoms with Crippen molar-refractivity contribution >= 4 is 15.9 Å². The number of hydrogen-bond donors (Lipinski definition) is 0. The van der Waals surface area contributed by atoms with E-state index < -0.39 is 26.6 Å². The zero-order valence-electron chi connectivity index (χ0n) is 16.0. The van der Waals surface area contributed by atoms with E-state index in [0.717, 1.165) is 27.8 Å². The highest BCUT2D eigenvalue weighted by Gasteiger charge is 2.32. The summed E-state index contributed by atoms with van der Waals surface area (Å²) in [5, 5.41) is 0. The molecule has 9 heteroatoms. The molecule has 1 aliphatic heterocycles. The van der Waals surface area contributed by atoms with Gasteiger partial charge in [-0.1, -0.05) is 18.2 Å². The molecule has 0 aliphatic carbocycles. The number of benzene rings is 2. The Morgan fingerprint density at radius 1 is 1.07 bits per heavy atom. The maximum atomic E-state index is 13.9. The van der Waals surface area contributed by atoms with Crippen LogP contribution in [0.25, 0.3) is 0 Å². The van der Waals surface area contributed by atoms with Gasteiger partial charge in [0, 0.05) is 38.7 Å². The molecule has 0 N–H and O–H groups in total. The monoisotopic (exact) mass is 424 g/mol. The SMILES string of the molecule is COc1ccccc1CCC(=O)N1CCN(S(=O)(=O)c2ccc(F)cc2F)CC1. The third-order valence-corrected chi connectivity index (χ3v) is 6.84. The number of ether oxygens (including phenoxy) is 1. The number of carbonyl (C=O) groups excluding carboxylic acids is 1. The summed E-state index contributed by atoms with van der Waals surface area (Å²) in [7, 11) is -2.51. The molecule has 2 aromatic rings. The van der Waals surface area contributed by atoms with E-state index >= 15 is 0 Å². The van der Waals surface area contributed by atoms with Crippen LogP contribution in [0.5, 0.6) is 5.75 Å². The van der Waals surface area contributed by atoms with E-state index in [9.17, 15) is 22.0 Å². The van der Waals surface area contributed by atoms with Gasteiger partial charge < -0.3 is 9.64 Å². The molecule has 1 saturated heterocycles. The molecule has 156 valence electrons. The summed E-state index contributed by atoms with van der Waals surface area (Å²) < 4.78 is 58.6. The van der Waals surface area contributed by atoms with Crippen LogP contribution in [0.4, 0.5) is 8.78 Å². The first-order chi connectivity index (χ1) is 13.8. The maximum Gasteiger partial charge on any atom is 0.246 e. The Balaban J connectivity index is 1.59. The molecule has 29 heavy (non-hydrogen) atoms. The zero-order valence-corrected chi connectivity index (χ0v) is 16.8. The summed E-state index contributed by atoms with van der Waals surface area (Å²) in [4.78, 5) is 13.5. The van der Waals surface area contributed by atoms with Crippen LogP contribution in [0.1, 0.15) is 12.0 Å². The average molecular weight is 424 g/mol. The number of para-hydroxylation sites is 1. The van der Waals surface area contributed by atoms with E-state index in [1.807, 2.05) is 24.3 Å². The van der Waals surface area contributed by atoms with Gasteiger partial charge in [-0.25, -0.2) is 17.2 Å². The molecule has 6 nitrogen and oxygen atoms in total. The molecule has 0 spiro atoms. The number of nitrogens with zero attached hydrogens (tertiary/aromatic N) is 2. The van der Waals surface area contributed by atoms with Crippen LogP contribution in [-0.4, -0.2) is 56.8 Å². The van der Waals surface area contributed by atoms with Crippen LogP contribution in [0.15, 0.2) is 47.4 Å². The molecule has 0 atom stereocenters. The average Bonchev–Trinajstić information content (AvgIpc) is 2.72. The van der Waals surface area contributed by atoms with Gasteiger partial charge >= 0.3 is 0 Å². The predicted molar refractivity (Wildman–Crippen MR) is 103 cm³/mol. The lowest BCUT2D eigenvalue weighted by Gasteiger charge is -2.34. The third-order valence-electron chi connectivity index (χ3n) is 4.90. The lowest BCUT2D eigenvalue weighted by atomic mass is 10.1. The summed E-state index contributed by atoms with van der Waals surface area (Å²) in [6.45, 7) is 0.540. The largest absolute Gasteiger partial charge is 0.496 e. The number of halogens is 2. The first kappa shape index (κ1) is 21.2. The molecule has 1 amide bonds. The minimum absolute atomic E-state index is 0.0551. The van der Waals surface area contributed by atoms with Crippen molar-refractivity contribution in [3.8, 4) is 5.75 Å². The number of methoxy groups -OCH3 is 1. The number of aryl methyl sites for hydroxylation is 1. The molecule has 1 fully saturated rings. The maximum absolute atomic E-state index is 13.9. The Morgan fingerprint density at radius 3 is 2.41 bits per heavy atom. The minimum Gasteiger partial charge on any atom is -0.496 e. The summed E-state index contributed by atoms with van der Waals surface area (Å²) in [6, 6.07) is 9.84. The molecule has 0 aromatic heterocycles. The van der Waals surface area contributed by atoms with E-state index in [4.69, 9.17) is 4.74 Å². The third kappa shape index (κ3) is 4.73. The molecule has 0 saturated carbocycles. The van der Waals surface area contributed by atoms with Crippen LogP contribution in [0.2, 0.25) is 0 Å². The van der Waals surface area contributed by atoms with Crippen molar-refractivity contribution in [1.82, 2.24) is 9.21 Å². The summed E-state index contributed by atoms with van der Waals surface area (Å²) >= 11 is 0. The van der Waals surface area contributed by atoms with Crippen molar-refractivity contribution in [2.75, 3.05) is 33.3 Å². The first-order valence-electron chi connectivity index (χ1n) is 9.18. The second-order valence-corrected chi connectivity index (χ2v) is 8.58. The molecule has 0 bridgehead atoms. The lowest BCUT2D eigenvalue weighted by molar-refractivity contribution is -0.132. The van der Waals surface area contributed by atoms with Gasteiger partial charge in [0.1, 0.15) is 22.3 Å². The molecule has 2 aromatic carbocycles. The second-order valence-electron chi connectivity index (χ2n) is 6.67. The molecule has 1 heterocycles. The molecule has 3 rings (SSSR count). The van der Waals surface area contributed by atoms with Crippen molar-refractivity contribution in [3.05, 3.63) is 59.7 Å². The Kier molecular flexibility index (Phi) is 6.49. The number of piperazine rings is 1. The predicted octanol–water partition coefficient (Wildman–Crippen LogP) is 2.44. The van der Waals surface area contributed by atoms with Gasteiger partial charge in [-0.2, -0.15) is 4.31 Å². The van der Waals surface area contributed by atoms with Crippen molar-refractivity contribution in [1.29, 1.82) is 0 Å². The number of sulfonamides is 1. The quantitative estimate of drug-likeness (QED) is 0.715. The van der Waals surface area contributed by atoms with Crippen molar-refractivity contribution in [2.45, 2.75) is 17.7 Å². The Morgan fingerprint density at radius 2 is 1.76 bits per heavy atom. The zero-order chi connectivity index (χ0) is 21.0. The standard InChI is InChI=1S/C20H22F2N2O4S/c1-28-18-5-3-2-4-15(18)6-9-20(25)23-10-12-24(13-11-23)29(26,27)19-8-7-16(21)14-17(19)22/h2-5,7-8,14H,6,9-13H2,1H3. The lowest BCUT2D eigenvalue weighted by Crippen LogP contribution is -2.50. The van der Waals surface area contributed by atoms with Crippen LogP contribution < -0.4 is 4.74 Å². The van der Waals surface area contributed by atoms with E-state index in [1.54, 1.807) is 12.0 Å². The highest BCUT2D eigenvalue weighted by atomic mass is 32.2. The van der Waals surface area contributed by atoms with Crippen molar-refractivity contribution in [3.63, 3.8) is 0 Å². The number of rotatable bonds is 6. The van der Waals surface area contributed by atoms with Gasteiger partial charge in [0.05, 0.1) is 7.11 Å². The summed E-state index contributed by atoms with van der Waals surface area (Å²) in [5.41, 5.74) is 0.927. The fourth-order valence-corrected chi connectivity index (χ4v) is 4.78. The number of hydrogen-bond acceptors (Lipinski definition) is 4. The molecule has 0 unspecified atom stereocenters. The van der Waals surface area contributed by atoms with Crippen LogP contribution >= 0.6 is 0 Å². The highest BCUT2D eigenvalue weighted by Crippen LogP contribution is 2.22. The van der Waals surface area contributed by atoms with Crippen LogP contribution in [0.3, 0.4) is 0 Å². The van der Waals surface area contributed by atoms with Gasteiger partial charge in [0.25, 0.3) is 0 Å². The van der Waals surface area contributed by atoms with E-state index in [-0.39, 0.29) is 38.5 Å². The van der Waals surface area contributed by atoms with E-state index in [1.165, 1.54) is 0 Å². The van der Waals surface area contributed by atoms with Crippen LogP contribution in [-0.2, 0) is 21.2 Å². The van der Waals surface area contributed by atoms with Gasteiger partial charge in [-0.3, -0.25) is 4.79 Å². The normalized spacial score (nSPS) is 15.3. The molecular formula is C20H22F2N2O4S. The van der Waals surface area contributed by atoms with E-state index in [0.29, 0.717) is 12.5 Å². The first-order valence-corrected chi connectivity index (χ1v) is 10.6. The van der Waals surface area contributed by atoms with Gasteiger partial charge in [-0.05, 0) is 30.2 Å².